The average molecular weight is 311 g/mol. The smallest absolute Gasteiger partial charge is 0.293 e. The summed E-state index contributed by atoms with van der Waals surface area (Å²) >= 11 is 0. The molecule has 0 bridgehead atoms. The first kappa shape index (κ1) is 16.3. The lowest BCUT2D eigenvalue weighted by Crippen LogP contribution is -2.18. The summed E-state index contributed by atoms with van der Waals surface area (Å²) in [6.45, 7) is 2.44. The third kappa shape index (κ3) is 3.58. The third-order valence-electron chi connectivity index (χ3n) is 3.56. The first-order chi connectivity index (χ1) is 11.0. The highest BCUT2D eigenvalue weighted by molar-refractivity contribution is 5.65. The number of rotatable bonds is 5. The molecule has 0 aliphatic heterocycles. The maximum atomic E-state index is 11.3. The number of anilines is 1. The van der Waals surface area contributed by atoms with Gasteiger partial charge in [-0.1, -0.05) is 17.7 Å². The highest BCUT2D eigenvalue weighted by Gasteiger charge is 2.19. The number of nitro benzene ring substituents is 1. The quantitative estimate of drug-likeness (QED) is 0.624. The van der Waals surface area contributed by atoms with Crippen LogP contribution in [0.25, 0.3) is 0 Å². The number of ether oxygens (including phenoxy) is 1. The van der Waals surface area contributed by atoms with Gasteiger partial charge in [0.05, 0.1) is 23.7 Å². The van der Waals surface area contributed by atoms with E-state index < -0.39 is 4.92 Å². The Morgan fingerprint density at radius 1 is 1.30 bits per heavy atom. The summed E-state index contributed by atoms with van der Waals surface area (Å²) in [5.74, 6) is 0.735. The summed E-state index contributed by atoms with van der Waals surface area (Å²) in [4.78, 5) is 12.6. The molecule has 6 heteroatoms. The van der Waals surface area contributed by atoms with Crippen LogP contribution >= 0.6 is 0 Å². The van der Waals surface area contributed by atoms with Gasteiger partial charge < -0.3 is 9.64 Å². The van der Waals surface area contributed by atoms with Crippen LogP contribution in [-0.4, -0.2) is 19.1 Å². The first-order valence-electron chi connectivity index (χ1n) is 6.99. The fourth-order valence-electron chi connectivity index (χ4n) is 2.43. The van der Waals surface area contributed by atoms with Crippen molar-refractivity contribution < 1.29 is 9.66 Å². The van der Waals surface area contributed by atoms with Gasteiger partial charge in [0.25, 0.3) is 5.69 Å². The molecule has 0 aliphatic rings. The van der Waals surface area contributed by atoms with E-state index in [1.54, 1.807) is 31.2 Å². The molecule has 0 radical (unpaired) electrons. The molecule has 0 fully saturated rings. The van der Waals surface area contributed by atoms with Gasteiger partial charge in [0, 0.05) is 25.2 Å². The summed E-state index contributed by atoms with van der Waals surface area (Å²) in [7, 11) is 3.37. The molecular formula is C17H17N3O3. The Labute approximate surface area is 134 Å². The minimum Gasteiger partial charge on any atom is -0.496 e. The lowest BCUT2D eigenvalue weighted by atomic mass is 10.1. The van der Waals surface area contributed by atoms with Gasteiger partial charge in [-0.3, -0.25) is 10.1 Å². The van der Waals surface area contributed by atoms with Gasteiger partial charge in [0.1, 0.15) is 11.4 Å². The van der Waals surface area contributed by atoms with E-state index in [2.05, 4.69) is 0 Å². The largest absolute Gasteiger partial charge is 0.496 e. The van der Waals surface area contributed by atoms with Gasteiger partial charge in [-0.15, -0.1) is 0 Å². The van der Waals surface area contributed by atoms with E-state index in [0.717, 1.165) is 16.9 Å². The van der Waals surface area contributed by atoms with Crippen molar-refractivity contribution in [3.63, 3.8) is 0 Å². The Balaban J connectivity index is 2.38. The standard InChI is InChI=1S/C17H17N3O3/c1-12-4-7-17(23-3)14(8-12)11-19(2)15-6-5-13(10-18)9-16(15)20(21)22/h4-9H,11H2,1-3H3. The molecule has 0 saturated heterocycles. The van der Waals surface area contributed by atoms with Crippen LogP contribution in [0.1, 0.15) is 16.7 Å². The van der Waals surface area contributed by atoms with Crippen molar-refractivity contribution in [3.8, 4) is 11.8 Å². The van der Waals surface area contributed by atoms with Crippen molar-refractivity contribution >= 4 is 11.4 Å². The Hall–Kier alpha value is -3.07. The van der Waals surface area contributed by atoms with Crippen molar-refractivity contribution in [2.45, 2.75) is 13.5 Å². The van der Waals surface area contributed by atoms with Crippen LogP contribution in [0.5, 0.6) is 5.75 Å². The molecule has 0 unspecified atom stereocenters. The van der Waals surface area contributed by atoms with Crippen LogP contribution < -0.4 is 9.64 Å². The molecule has 0 heterocycles. The molecule has 2 aromatic carbocycles. The van der Waals surface area contributed by atoms with Crippen molar-refractivity contribution in [2.24, 2.45) is 0 Å². The average Bonchev–Trinajstić information content (AvgIpc) is 2.54. The van der Waals surface area contributed by atoms with E-state index in [0.29, 0.717) is 12.2 Å². The van der Waals surface area contributed by atoms with Gasteiger partial charge >= 0.3 is 0 Å². The topological polar surface area (TPSA) is 79.4 Å². The number of nitro groups is 1. The van der Waals surface area contributed by atoms with Crippen molar-refractivity contribution in [3.05, 3.63) is 63.2 Å². The summed E-state index contributed by atoms with van der Waals surface area (Å²) < 4.78 is 5.35. The number of methoxy groups -OCH3 is 1. The summed E-state index contributed by atoms with van der Waals surface area (Å²) in [5, 5.41) is 20.2. The van der Waals surface area contributed by atoms with Gasteiger partial charge in [-0.05, 0) is 25.1 Å². The normalized spacial score (nSPS) is 10.0. The lowest BCUT2D eigenvalue weighted by molar-refractivity contribution is -0.384. The number of hydrogen-bond donors (Lipinski definition) is 0. The molecule has 118 valence electrons. The molecule has 2 aromatic rings. The molecule has 2 rings (SSSR count). The molecule has 0 aliphatic carbocycles. The molecule has 0 aromatic heterocycles. The summed E-state index contributed by atoms with van der Waals surface area (Å²) in [6.07, 6.45) is 0. The number of nitrogens with zero attached hydrogens (tertiary/aromatic N) is 3. The second kappa shape index (κ2) is 6.79. The zero-order valence-corrected chi connectivity index (χ0v) is 13.2. The van der Waals surface area contributed by atoms with E-state index in [4.69, 9.17) is 10.00 Å². The molecule has 0 amide bonds. The number of nitriles is 1. The van der Waals surface area contributed by atoms with Crippen molar-refractivity contribution in [1.29, 1.82) is 5.26 Å². The summed E-state index contributed by atoms with van der Waals surface area (Å²) in [5.41, 5.74) is 2.66. The monoisotopic (exact) mass is 311 g/mol. The van der Waals surface area contributed by atoms with Crippen LogP contribution in [0.2, 0.25) is 0 Å². The third-order valence-corrected chi connectivity index (χ3v) is 3.56. The number of benzene rings is 2. The highest BCUT2D eigenvalue weighted by atomic mass is 16.6. The Morgan fingerprint density at radius 2 is 2.04 bits per heavy atom. The maximum absolute atomic E-state index is 11.3. The van der Waals surface area contributed by atoms with Crippen molar-refractivity contribution in [2.75, 3.05) is 19.1 Å². The maximum Gasteiger partial charge on any atom is 0.293 e. The molecule has 0 N–H and O–H groups in total. The number of hydrogen-bond acceptors (Lipinski definition) is 5. The van der Waals surface area contributed by atoms with Gasteiger partial charge in [0.15, 0.2) is 0 Å². The Bertz CT molecular complexity index is 781. The van der Waals surface area contributed by atoms with Gasteiger partial charge in [-0.25, -0.2) is 0 Å². The van der Waals surface area contributed by atoms with Crippen LogP contribution in [0.3, 0.4) is 0 Å². The minimum atomic E-state index is -0.472. The van der Waals surface area contributed by atoms with E-state index in [-0.39, 0.29) is 11.3 Å². The molecule has 6 nitrogen and oxygen atoms in total. The van der Waals surface area contributed by atoms with Crippen LogP contribution in [0.4, 0.5) is 11.4 Å². The molecule has 0 spiro atoms. The second-order valence-corrected chi connectivity index (χ2v) is 5.24. The zero-order chi connectivity index (χ0) is 17.0. The van der Waals surface area contributed by atoms with E-state index in [1.165, 1.54) is 6.07 Å². The fraction of sp³-hybridized carbons (Fsp3) is 0.235. The highest BCUT2D eigenvalue weighted by Crippen LogP contribution is 2.31. The number of aryl methyl sites for hydroxylation is 1. The van der Waals surface area contributed by atoms with Gasteiger partial charge in [-0.2, -0.15) is 5.26 Å². The lowest BCUT2D eigenvalue weighted by Gasteiger charge is -2.21. The summed E-state index contributed by atoms with van der Waals surface area (Å²) in [6, 6.07) is 12.2. The van der Waals surface area contributed by atoms with Gasteiger partial charge in [0.2, 0.25) is 0 Å². The predicted octanol–water partition coefficient (Wildman–Crippen LogP) is 3.42. The Morgan fingerprint density at radius 3 is 2.65 bits per heavy atom. The van der Waals surface area contributed by atoms with E-state index in [1.807, 2.05) is 31.2 Å². The molecule has 0 atom stereocenters. The van der Waals surface area contributed by atoms with Crippen LogP contribution in [0, 0.1) is 28.4 Å². The van der Waals surface area contributed by atoms with Crippen LogP contribution in [0.15, 0.2) is 36.4 Å². The van der Waals surface area contributed by atoms with Crippen molar-refractivity contribution in [1.82, 2.24) is 0 Å². The molecule has 23 heavy (non-hydrogen) atoms. The minimum absolute atomic E-state index is 0.0850. The SMILES string of the molecule is COc1ccc(C)cc1CN(C)c1ccc(C#N)cc1[N+](=O)[O-]. The Kier molecular flexibility index (Phi) is 4.82. The predicted molar refractivity (Wildman–Crippen MR) is 87.6 cm³/mol. The fourth-order valence-corrected chi connectivity index (χ4v) is 2.43. The molecule has 0 saturated carbocycles. The van der Waals surface area contributed by atoms with E-state index in [9.17, 15) is 10.1 Å². The zero-order valence-electron chi connectivity index (χ0n) is 13.2. The van der Waals surface area contributed by atoms with Crippen LogP contribution in [-0.2, 0) is 6.54 Å². The second-order valence-electron chi connectivity index (χ2n) is 5.24. The van der Waals surface area contributed by atoms with E-state index >= 15 is 0 Å². The first-order valence-corrected chi connectivity index (χ1v) is 6.99. The molecular weight excluding hydrogens is 294 g/mol.